The van der Waals surface area contributed by atoms with Crippen molar-refractivity contribution >= 4 is 11.6 Å². The molecule has 2 heteroatoms. The zero-order chi connectivity index (χ0) is 18.3. The minimum atomic E-state index is 0.252. The minimum Gasteiger partial charge on any atom is -0.371 e. The average Bonchev–Trinajstić information content (AvgIpc) is 3.23. The molecule has 1 saturated carbocycles. The maximum atomic E-state index is 6.83. The molecule has 3 unspecified atom stereocenters. The van der Waals surface area contributed by atoms with Gasteiger partial charge in [0.05, 0.1) is 0 Å². The van der Waals surface area contributed by atoms with E-state index in [0.717, 1.165) is 12.8 Å². The minimum absolute atomic E-state index is 0.252. The van der Waals surface area contributed by atoms with Gasteiger partial charge in [0.1, 0.15) is 0 Å². The third-order valence-corrected chi connectivity index (χ3v) is 7.52. The first-order valence-corrected chi connectivity index (χ1v) is 10.2. The van der Waals surface area contributed by atoms with Crippen molar-refractivity contribution < 1.29 is 0 Å². The highest BCUT2D eigenvalue weighted by Gasteiger charge is 2.69. The second-order valence-corrected chi connectivity index (χ2v) is 10.1. The Morgan fingerprint density at radius 3 is 2.38 bits per heavy atom. The number of likely N-dealkylation sites (tertiary alicyclic amines) is 1. The number of hydrogen-bond donors (Lipinski definition) is 0. The van der Waals surface area contributed by atoms with Gasteiger partial charge in [-0.2, -0.15) is 0 Å². The first-order chi connectivity index (χ1) is 11.0. The monoisotopic (exact) mass is 351 g/mol. The van der Waals surface area contributed by atoms with Crippen LogP contribution >= 0.6 is 11.6 Å². The molecule has 2 rings (SSSR count). The number of alkyl halides is 1. The molecule has 0 N–H and O–H groups in total. The Balaban J connectivity index is 2.23. The van der Waals surface area contributed by atoms with Crippen LogP contribution in [0.15, 0.2) is 23.4 Å². The van der Waals surface area contributed by atoms with Crippen LogP contribution < -0.4 is 0 Å². The fourth-order valence-corrected chi connectivity index (χ4v) is 5.46. The largest absolute Gasteiger partial charge is 0.371 e. The van der Waals surface area contributed by atoms with E-state index in [2.05, 4.69) is 72.4 Å². The Labute approximate surface area is 155 Å². The highest BCUT2D eigenvalue weighted by Crippen LogP contribution is 2.68. The number of rotatable bonds is 5. The van der Waals surface area contributed by atoms with E-state index in [9.17, 15) is 0 Å². The average molecular weight is 352 g/mol. The molecule has 1 nitrogen and oxygen atoms in total. The van der Waals surface area contributed by atoms with Gasteiger partial charge in [-0.05, 0) is 49.5 Å². The zero-order valence-corrected chi connectivity index (χ0v) is 17.9. The molecule has 1 aliphatic carbocycles. The summed E-state index contributed by atoms with van der Waals surface area (Å²) in [5, 5.41) is 0.296. The van der Waals surface area contributed by atoms with Crippen LogP contribution in [0.25, 0.3) is 0 Å². The smallest absolute Gasteiger partial charge is 0.0415 e. The molecule has 0 bridgehead atoms. The van der Waals surface area contributed by atoms with Gasteiger partial charge in [0.25, 0.3) is 0 Å². The molecule has 3 atom stereocenters. The summed E-state index contributed by atoms with van der Waals surface area (Å²) in [6.07, 6.45) is 9.39. The van der Waals surface area contributed by atoms with Crippen LogP contribution in [0.4, 0.5) is 0 Å². The van der Waals surface area contributed by atoms with Gasteiger partial charge in [-0.15, -0.1) is 11.6 Å². The molecule has 0 aromatic carbocycles. The summed E-state index contributed by atoms with van der Waals surface area (Å²) in [7, 11) is 0. The summed E-state index contributed by atoms with van der Waals surface area (Å²) < 4.78 is 0. The van der Waals surface area contributed by atoms with Crippen molar-refractivity contribution in [3.05, 3.63) is 23.4 Å². The number of fused-ring (bicyclic) bond motifs is 1. The van der Waals surface area contributed by atoms with E-state index in [4.69, 9.17) is 11.6 Å². The van der Waals surface area contributed by atoms with Crippen LogP contribution in [0.1, 0.15) is 81.1 Å². The lowest BCUT2D eigenvalue weighted by Crippen LogP contribution is -2.47. The van der Waals surface area contributed by atoms with Crippen LogP contribution in [0.3, 0.4) is 0 Å². The lowest BCUT2D eigenvalue weighted by Gasteiger charge is -2.47. The van der Waals surface area contributed by atoms with Crippen molar-refractivity contribution in [2.24, 2.45) is 16.2 Å². The Hall–Kier alpha value is -0.430. The van der Waals surface area contributed by atoms with Crippen molar-refractivity contribution in [1.29, 1.82) is 0 Å². The summed E-state index contributed by atoms with van der Waals surface area (Å²) in [6.45, 7) is 19.7. The number of halogens is 1. The molecule has 1 heterocycles. The van der Waals surface area contributed by atoms with Crippen LogP contribution in [0, 0.1) is 16.2 Å². The molecular formula is C22H38ClN. The molecule has 0 aromatic rings. The number of nitrogens with zero attached hydrogens (tertiary/aromatic N) is 1. The Morgan fingerprint density at radius 1 is 1.25 bits per heavy atom. The standard InChI is InChI=1S/C22H38ClN/c1-9-17(20(4,5)6)12-11-16(3)24-14-13-21(7,8)22(15-19(22)24)18(23)10-2/h11-12,18-19H,9-10,13-15H2,1-8H3. The van der Waals surface area contributed by atoms with Crippen molar-refractivity contribution in [3.63, 3.8) is 0 Å². The summed E-state index contributed by atoms with van der Waals surface area (Å²) in [5.74, 6) is 0. The van der Waals surface area contributed by atoms with Gasteiger partial charge in [-0.1, -0.05) is 60.1 Å². The maximum absolute atomic E-state index is 6.83. The van der Waals surface area contributed by atoms with Gasteiger partial charge in [0.15, 0.2) is 0 Å². The molecule has 138 valence electrons. The van der Waals surface area contributed by atoms with Crippen LogP contribution in [-0.2, 0) is 0 Å². The highest BCUT2D eigenvalue weighted by atomic mass is 35.5. The van der Waals surface area contributed by atoms with E-state index >= 15 is 0 Å². The summed E-state index contributed by atoms with van der Waals surface area (Å²) in [5.41, 5.74) is 3.84. The maximum Gasteiger partial charge on any atom is 0.0415 e. The molecule has 2 aliphatic rings. The van der Waals surface area contributed by atoms with Crippen LogP contribution in [-0.4, -0.2) is 22.9 Å². The molecule has 0 radical (unpaired) electrons. The van der Waals surface area contributed by atoms with Crippen molar-refractivity contribution in [3.8, 4) is 0 Å². The Bertz CT molecular complexity index is 523. The molecular weight excluding hydrogens is 314 g/mol. The van der Waals surface area contributed by atoms with Crippen molar-refractivity contribution in [2.75, 3.05) is 6.54 Å². The van der Waals surface area contributed by atoms with Gasteiger partial charge >= 0.3 is 0 Å². The lowest BCUT2D eigenvalue weighted by atomic mass is 9.68. The van der Waals surface area contributed by atoms with Crippen LogP contribution in [0.5, 0.6) is 0 Å². The summed E-state index contributed by atoms with van der Waals surface area (Å²) in [6, 6.07) is 0.632. The quantitative estimate of drug-likeness (QED) is 0.389. The third-order valence-electron chi connectivity index (χ3n) is 6.82. The predicted octanol–water partition coefficient (Wildman–Crippen LogP) is 6.78. The molecule has 0 aromatic heterocycles. The summed E-state index contributed by atoms with van der Waals surface area (Å²) in [4.78, 5) is 2.64. The van der Waals surface area contributed by atoms with E-state index in [1.165, 1.54) is 30.7 Å². The van der Waals surface area contributed by atoms with Gasteiger partial charge < -0.3 is 4.90 Å². The Kier molecular flexibility index (Phi) is 5.56. The third kappa shape index (κ3) is 3.30. The van der Waals surface area contributed by atoms with Gasteiger partial charge in [-0.25, -0.2) is 0 Å². The number of piperidine rings is 1. The molecule has 1 saturated heterocycles. The van der Waals surface area contributed by atoms with Crippen molar-refractivity contribution in [1.82, 2.24) is 4.90 Å². The van der Waals surface area contributed by atoms with Gasteiger partial charge in [0.2, 0.25) is 0 Å². The highest BCUT2D eigenvalue weighted by molar-refractivity contribution is 6.21. The van der Waals surface area contributed by atoms with Crippen molar-refractivity contribution in [2.45, 2.75) is 92.5 Å². The zero-order valence-electron chi connectivity index (χ0n) is 17.2. The van der Waals surface area contributed by atoms with E-state index in [1.54, 1.807) is 0 Å². The topological polar surface area (TPSA) is 3.24 Å². The second-order valence-electron chi connectivity index (χ2n) is 9.57. The van der Waals surface area contributed by atoms with Gasteiger partial charge in [-0.3, -0.25) is 0 Å². The molecule has 0 spiro atoms. The number of allylic oxidation sites excluding steroid dienone is 4. The SMILES string of the molecule is CCC(=CC=C(C)N1CCC(C)(C)C2(C(Cl)CC)CC12)C(C)(C)C. The molecule has 1 aliphatic heterocycles. The number of hydrogen-bond acceptors (Lipinski definition) is 1. The van der Waals surface area contributed by atoms with Crippen LogP contribution in [0.2, 0.25) is 0 Å². The fraction of sp³-hybridized carbons (Fsp3) is 0.818. The molecule has 2 fully saturated rings. The predicted molar refractivity (Wildman–Crippen MR) is 107 cm³/mol. The molecule has 24 heavy (non-hydrogen) atoms. The van der Waals surface area contributed by atoms with Gasteiger partial charge in [0, 0.05) is 29.1 Å². The normalized spacial score (nSPS) is 31.7. The first kappa shape index (κ1) is 19.9. The lowest BCUT2D eigenvalue weighted by molar-refractivity contribution is 0.0669. The second kappa shape index (κ2) is 6.71. The van der Waals surface area contributed by atoms with E-state index in [-0.39, 0.29) is 5.41 Å². The first-order valence-electron chi connectivity index (χ1n) is 9.80. The fourth-order valence-electron chi connectivity index (χ4n) is 4.93. The van der Waals surface area contributed by atoms with E-state index < -0.39 is 0 Å². The Morgan fingerprint density at radius 2 is 1.88 bits per heavy atom. The molecule has 0 amide bonds. The summed E-state index contributed by atoms with van der Waals surface area (Å²) >= 11 is 6.83. The van der Waals surface area contributed by atoms with E-state index in [1.807, 2.05) is 0 Å². The van der Waals surface area contributed by atoms with E-state index in [0.29, 0.717) is 22.2 Å².